The molecule has 0 saturated carbocycles. The summed E-state index contributed by atoms with van der Waals surface area (Å²) in [5, 5.41) is 3.20. The lowest BCUT2D eigenvalue weighted by Crippen LogP contribution is -2.11. The molecular weight excluding hydrogens is 628 g/mol. The average molecular weight is 661 g/mol. The van der Waals surface area contributed by atoms with E-state index in [0.717, 1.165) is 40.1 Å². The van der Waals surface area contributed by atoms with E-state index in [1.165, 1.54) is 0 Å². The van der Waals surface area contributed by atoms with Crippen molar-refractivity contribution in [3.05, 3.63) is 133 Å². The second-order valence-corrected chi connectivity index (χ2v) is 10.6. The van der Waals surface area contributed by atoms with Crippen molar-refractivity contribution in [2.24, 2.45) is 0 Å². The molecule has 0 radical (unpaired) electrons. The first-order chi connectivity index (χ1) is 23.8. The molecule has 0 unspecified atom stereocenters. The van der Waals surface area contributed by atoms with Crippen LogP contribution in [-0.2, 0) is 25.5 Å². The third-order valence-electron chi connectivity index (χ3n) is 7.25. The zero-order valence-electron chi connectivity index (χ0n) is 26.6. The van der Waals surface area contributed by atoms with Crippen LogP contribution in [0.3, 0.4) is 0 Å². The maximum Gasteiger partial charge on any atom is 0.343 e. The van der Waals surface area contributed by atoms with E-state index in [-0.39, 0.29) is 13.6 Å². The summed E-state index contributed by atoms with van der Waals surface area (Å²) >= 11 is 0. The fourth-order valence-electron chi connectivity index (χ4n) is 4.82. The fraction of sp³-hybridized carbons (Fsp3) is 0.128. The Balaban J connectivity index is 1.23. The van der Waals surface area contributed by atoms with Gasteiger partial charge in [-0.2, -0.15) is 0 Å². The van der Waals surface area contributed by atoms with Crippen LogP contribution in [0, 0.1) is 0 Å². The third-order valence-corrected chi connectivity index (χ3v) is 7.25. The van der Waals surface area contributed by atoms with Crippen LogP contribution >= 0.6 is 0 Å². The number of carbonyl (C=O) groups excluding carboxylic acids is 4. The van der Waals surface area contributed by atoms with E-state index in [4.69, 9.17) is 28.4 Å². The van der Waals surface area contributed by atoms with Crippen molar-refractivity contribution in [2.45, 2.75) is 19.8 Å². The van der Waals surface area contributed by atoms with Crippen LogP contribution in [0.4, 0.5) is 0 Å². The van der Waals surface area contributed by atoms with Crippen LogP contribution in [0.15, 0.2) is 116 Å². The van der Waals surface area contributed by atoms with Gasteiger partial charge in [0.05, 0.1) is 11.1 Å². The molecule has 10 heteroatoms. The van der Waals surface area contributed by atoms with Crippen molar-refractivity contribution in [2.75, 3.05) is 13.6 Å². The Kier molecular flexibility index (Phi) is 11.0. The van der Waals surface area contributed by atoms with Gasteiger partial charge in [0.2, 0.25) is 13.6 Å². The summed E-state index contributed by atoms with van der Waals surface area (Å²) < 4.78 is 32.0. The maximum atomic E-state index is 13.2. The van der Waals surface area contributed by atoms with Gasteiger partial charge in [-0.25, -0.2) is 19.2 Å². The van der Waals surface area contributed by atoms with Gasteiger partial charge in [-0.15, -0.1) is 0 Å². The Bertz CT molecular complexity index is 2060. The molecule has 0 aliphatic carbocycles. The van der Waals surface area contributed by atoms with E-state index < -0.39 is 23.9 Å². The van der Waals surface area contributed by atoms with Crippen molar-refractivity contribution in [1.82, 2.24) is 0 Å². The van der Waals surface area contributed by atoms with Gasteiger partial charge in [-0.05, 0) is 100 Å². The summed E-state index contributed by atoms with van der Waals surface area (Å²) in [6.07, 6.45) is 3.46. The molecule has 0 amide bonds. The number of aryl methyl sites for hydroxylation is 1. The minimum atomic E-state index is -0.585. The topological polar surface area (TPSA) is 124 Å². The highest BCUT2D eigenvalue weighted by Crippen LogP contribution is 2.29. The first-order valence-electron chi connectivity index (χ1n) is 15.2. The van der Waals surface area contributed by atoms with E-state index in [9.17, 15) is 19.2 Å². The molecule has 0 aliphatic rings. The number of fused-ring (bicyclic) bond motifs is 2. The SMILES string of the molecule is C=CC(=O)OCOc1ccc2cc(C(=O)Oc3ccc(OC(=O)c4ccc5cc(OCOC(=O)C=C)ccc5c4)c(CCC)c3)ccc2c1. The molecule has 5 aromatic carbocycles. The Morgan fingerprint density at radius 2 is 1.04 bits per heavy atom. The van der Waals surface area contributed by atoms with Gasteiger partial charge in [0.1, 0.15) is 23.0 Å². The van der Waals surface area contributed by atoms with Crippen LogP contribution in [-0.4, -0.2) is 37.5 Å². The summed E-state index contributed by atoms with van der Waals surface area (Å²) in [6, 6.07) is 25.7. The molecule has 10 nitrogen and oxygen atoms in total. The molecular formula is C39H32O10. The lowest BCUT2D eigenvalue weighted by Gasteiger charge is -2.13. The summed E-state index contributed by atoms with van der Waals surface area (Å²) in [5.41, 5.74) is 1.41. The highest BCUT2D eigenvalue weighted by Gasteiger charge is 2.16. The van der Waals surface area contributed by atoms with Gasteiger partial charge in [-0.3, -0.25) is 0 Å². The van der Waals surface area contributed by atoms with Gasteiger partial charge in [0.15, 0.2) is 0 Å². The van der Waals surface area contributed by atoms with Crippen LogP contribution in [0.1, 0.15) is 39.6 Å². The molecule has 49 heavy (non-hydrogen) atoms. The Morgan fingerprint density at radius 3 is 1.55 bits per heavy atom. The van der Waals surface area contributed by atoms with Crippen LogP contribution < -0.4 is 18.9 Å². The molecule has 0 aliphatic heterocycles. The fourth-order valence-corrected chi connectivity index (χ4v) is 4.82. The van der Waals surface area contributed by atoms with Gasteiger partial charge in [0.25, 0.3) is 0 Å². The molecule has 0 aromatic heterocycles. The second-order valence-electron chi connectivity index (χ2n) is 10.6. The van der Waals surface area contributed by atoms with Crippen LogP contribution in [0.5, 0.6) is 23.0 Å². The number of benzene rings is 5. The minimum Gasteiger partial charge on any atom is -0.457 e. The lowest BCUT2D eigenvalue weighted by atomic mass is 10.1. The highest BCUT2D eigenvalue weighted by molar-refractivity contribution is 5.98. The van der Waals surface area contributed by atoms with Crippen LogP contribution in [0.25, 0.3) is 21.5 Å². The van der Waals surface area contributed by atoms with E-state index in [0.29, 0.717) is 46.1 Å². The predicted molar refractivity (Wildman–Crippen MR) is 182 cm³/mol. The molecule has 0 atom stereocenters. The second kappa shape index (κ2) is 15.9. The number of rotatable bonds is 14. The summed E-state index contributed by atoms with van der Waals surface area (Å²) in [5.74, 6) is -0.581. The van der Waals surface area contributed by atoms with E-state index in [1.807, 2.05) is 6.92 Å². The normalized spacial score (nSPS) is 10.6. The maximum absolute atomic E-state index is 13.2. The first kappa shape index (κ1) is 33.9. The molecule has 0 spiro atoms. The Hall–Kier alpha value is -6.42. The van der Waals surface area contributed by atoms with Crippen molar-refractivity contribution >= 4 is 45.4 Å². The van der Waals surface area contributed by atoms with E-state index in [1.54, 1.807) is 91.0 Å². The zero-order valence-corrected chi connectivity index (χ0v) is 26.6. The highest BCUT2D eigenvalue weighted by atomic mass is 16.7. The van der Waals surface area contributed by atoms with E-state index >= 15 is 0 Å². The number of carbonyl (C=O) groups is 4. The smallest absolute Gasteiger partial charge is 0.343 e. The molecule has 0 bridgehead atoms. The molecule has 248 valence electrons. The predicted octanol–water partition coefficient (Wildman–Crippen LogP) is 7.51. The lowest BCUT2D eigenvalue weighted by molar-refractivity contribution is -0.145. The summed E-state index contributed by atoms with van der Waals surface area (Å²) in [4.78, 5) is 48.6. The Morgan fingerprint density at radius 1 is 0.571 bits per heavy atom. The van der Waals surface area contributed by atoms with Gasteiger partial charge in [-0.1, -0.05) is 50.8 Å². The molecule has 0 N–H and O–H groups in total. The Labute approximate surface area is 282 Å². The summed E-state index contributed by atoms with van der Waals surface area (Å²) in [7, 11) is 0. The monoisotopic (exact) mass is 660 g/mol. The average Bonchev–Trinajstić information content (AvgIpc) is 3.12. The summed E-state index contributed by atoms with van der Waals surface area (Å²) in [6.45, 7) is 8.16. The molecule has 0 saturated heterocycles. The molecule has 5 rings (SSSR count). The third kappa shape index (κ3) is 8.89. The standard InChI is InChI=1S/C39H32O10/c1-4-7-29-22-34(48-38(42)30-10-8-27-20-32(14-12-25(27)18-30)44-23-46-36(40)5-2)16-17-35(29)49-39(43)31-11-9-28-21-33(15-13-26(28)19-31)45-24-47-37(41)6-3/h5-6,8-22H,2-4,7,23-24H2,1H3. The first-order valence-corrected chi connectivity index (χ1v) is 15.2. The minimum absolute atomic E-state index is 0.251. The van der Waals surface area contributed by atoms with Crippen molar-refractivity contribution in [3.8, 4) is 23.0 Å². The quantitative estimate of drug-likeness (QED) is 0.0511. The number of ether oxygens (including phenoxy) is 6. The molecule has 5 aromatic rings. The van der Waals surface area contributed by atoms with Crippen molar-refractivity contribution < 1.29 is 47.6 Å². The largest absolute Gasteiger partial charge is 0.457 e. The number of hydrogen-bond donors (Lipinski definition) is 0. The van der Waals surface area contributed by atoms with Gasteiger partial charge >= 0.3 is 23.9 Å². The van der Waals surface area contributed by atoms with Gasteiger partial charge in [0, 0.05) is 12.2 Å². The van der Waals surface area contributed by atoms with Crippen LogP contribution in [0.2, 0.25) is 0 Å². The van der Waals surface area contributed by atoms with Crippen molar-refractivity contribution in [1.29, 1.82) is 0 Å². The number of hydrogen-bond acceptors (Lipinski definition) is 10. The molecule has 0 fully saturated rings. The van der Waals surface area contributed by atoms with E-state index in [2.05, 4.69) is 13.2 Å². The molecule has 0 heterocycles. The van der Waals surface area contributed by atoms with Gasteiger partial charge < -0.3 is 28.4 Å². The van der Waals surface area contributed by atoms with Crippen molar-refractivity contribution in [3.63, 3.8) is 0 Å². The zero-order chi connectivity index (χ0) is 34.8. The number of esters is 4.